The number of benzene rings is 3. The van der Waals surface area contributed by atoms with Crippen LogP contribution in [0.5, 0.6) is 5.75 Å². The Morgan fingerprint density at radius 2 is 1.30 bits per heavy atom. The quantitative estimate of drug-likeness (QED) is 0.223. The standard InChI is InChI=1S/C25H20F6O2/c1-13-5-7-19(14(2)9-13)17-6-8-20(15(3)10-17)23(32)33-18-11-21(24(26,27)28)16(4)22(12-18)25(29,30)31/h5-12H,1-4H3. The van der Waals surface area contributed by atoms with Crippen LogP contribution in [0.1, 0.15) is 43.7 Å². The third kappa shape index (κ3) is 5.21. The van der Waals surface area contributed by atoms with Gasteiger partial charge < -0.3 is 4.74 Å². The van der Waals surface area contributed by atoms with E-state index in [1.807, 2.05) is 32.0 Å². The highest BCUT2D eigenvalue weighted by Crippen LogP contribution is 2.41. The fraction of sp³-hybridized carbons (Fsp3) is 0.240. The Morgan fingerprint density at radius 3 is 1.79 bits per heavy atom. The van der Waals surface area contributed by atoms with Gasteiger partial charge in [0.2, 0.25) is 0 Å². The number of alkyl halides is 6. The maximum atomic E-state index is 13.3. The molecule has 0 unspecified atom stereocenters. The van der Waals surface area contributed by atoms with E-state index in [1.54, 1.807) is 19.1 Å². The Labute approximate surface area is 186 Å². The Bertz CT molecular complexity index is 1190. The molecule has 0 N–H and O–H groups in total. The van der Waals surface area contributed by atoms with Crippen molar-refractivity contribution in [3.63, 3.8) is 0 Å². The molecular weight excluding hydrogens is 446 g/mol. The number of hydrogen-bond donors (Lipinski definition) is 0. The second-order valence-electron chi connectivity index (χ2n) is 7.88. The van der Waals surface area contributed by atoms with Gasteiger partial charge in [-0.25, -0.2) is 4.79 Å². The number of carbonyl (C=O) groups is 1. The van der Waals surface area contributed by atoms with Gasteiger partial charge in [0.05, 0.1) is 16.7 Å². The summed E-state index contributed by atoms with van der Waals surface area (Å²) in [4.78, 5) is 12.6. The molecule has 0 fully saturated rings. The molecule has 8 heteroatoms. The summed E-state index contributed by atoms with van der Waals surface area (Å²) in [7, 11) is 0. The molecule has 0 aromatic heterocycles. The molecule has 0 amide bonds. The van der Waals surface area contributed by atoms with E-state index in [4.69, 9.17) is 4.74 Å². The van der Waals surface area contributed by atoms with Crippen molar-refractivity contribution in [3.8, 4) is 16.9 Å². The van der Waals surface area contributed by atoms with Crippen molar-refractivity contribution < 1.29 is 35.9 Å². The predicted molar refractivity (Wildman–Crippen MR) is 112 cm³/mol. The van der Waals surface area contributed by atoms with Crippen molar-refractivity contribution >= 4 is 5.97 Å². The first-order chi connectivity index (χ1) is 15.2. The van der Waals surface area contributed by atoms with E-state index >= 15 is 0 Å². The van der Waals surface area contributed by atoms with Gasteiger partial charge in [-0.15, -0.1) is 0 Å². The van der Waals surface area contributed by atoms with Crippen LogP contribution in [0.15, 0.2) is 48.5 Å². The van der Waals surface area contributed by atoms with Crippen molar-refractivity contribution in [2.45, 2.75) is 40.0 Å². The fourth-order valence-electron chi connectivity index (χ4n) is 3.70. The Balaban J connectivity index is 1.97. The maximum Gasteiger partial charge on any atom is 0.416 e. The summed E-state index contributed by atoms with van der Waals surface area (Å²) < 4.78 is 84.6. The molecule has 33 heavy (non-hydrogen) atoms. The van der Waals surface area contributed by atoms with E-state index < -0.39 is 40.8 Å². The molecule has 2 nitrogen and oxygen atoms in total. The number of carbonyl (C=O) groups excluding carboxylic acids is 1. The van der Waals surface area contributed by atoms with Crippen molar-refractivity contribution in [1.82, 2.24) is 0 Å². The van der Waals surface area contributed by atoms with Crippen LogP contribution in [0.25, 0.3) is 11.1 Å². The molecule has 0 bridgehead atoms. The van der Waals surface area contributed by atoms with Crippen LogP contribution in [-0.2, 0) is 12.4 Å². The molecule has 3 rings (SSSR count). The van der Waals surface area contributed by atoms with Gasteiger partial charge in [0, 0.05) is 0 Å². The SMILES string of the molecule is Cc1ccc(-c2ccc(C(=O)Oc3cc(C(F)(F)F)c(C)c(C(F)(F)F)c3)c(C)c2)c(C)c1. The first-order valence-electron chi connectivity index (χ1n) is 9.88. The zero-order valence-electron chi connectivity index (χ0n) is 18.2. The lowest BCUT2D eigenvalue weighted by molar-refractivity contribution is -0.144. The molecule has 0 spiro atoms. The van der Waals surface area contributed by atoms with E-state index in [1.165, 1.54) is 6.07 Å². The first-order valence-corrected chi connectivity index (χ1v) is 9.88. The molecule has 0 radical (unpaired) electrons. The Kier molecular flexibility index (Phi) is 6.33. The number of halogens is 6. The van der Waals surface area contributed by atoms with Crippen LogP contribution < -0.4 is 4.74 Å². The summed E-state index contributed by atoms with van der Waals surface area (Å²) in [5, 5.41) is 0. The average Bonchev–Trinajstić information content (AvgIpc) is 2.67. The lowest BCUT2D eigenvalue weighted by Gasteiger charge is -2.18. The van der Waals surface area contributed by atoms with Crippen LogP contribution in [0, 0.1) is 27.7 Å². The number of hydrogen-bond acceptors (Lipinski definition) is 2. The van der Waals surface area contributed by atoms with Gasteiger partial charge in [-0.1, -0.05) is 35.9 Å². The first kappa shape index (κ1) is 24.4. The van der Waals surface area contributed by atoms with Crippen molar-refractivity contribution in [3.05, 3.63) is 87.5 Å². The van der Waals surface area contributed by atoms with E-state index in [2.05, 4.69) is 0 Å². The summed E-state index contributed by atoms with van der Waals surface area (Å²) >= 11 is 0. The van der Waals surface area contributed by atoms with Gasteiger partial charge in [0.25, 0.3) is 0 Å². The van der Waals surface area contributed by atoms with Crippen LogP contribution in [0.2, 0.25) is 0 Å². The topological polar surface area (TPSA) is 26.3 Å². The van der Waals surface area contributed by atoms with Crippen molar-refractivity contribution in [2.75, 3.05) is 0 Å². The predicted octanol–water partition coefficient (Wildman–Crippen LogP) is 7.84. The minimum Gasteiger partial charge on any atom is -0.423 e. The molecule has 174 valence electrons. The Hall–Kier alpha value is -3.29. The minimum atomic E-state index is -5.05. The molecular formula is C25H20F6O2. The average molecular weight is 466 g/mol. The Morgan fingerprint density at radius 1 is 0.727 bits per heavy atom. The molecule has 0 saturated carbocycles. The van der Waals surface area contributed by atoms with Crippen molar-refractivity contribution in [2.24, 2.45) is 0 Å². The molecule has 0 aliphatic carbocycles. The summed E-state index contributed by atoms with van der Waals surface area (Å²) in [5.74, 6) is -1.88. The molecule has 0 heterocycles. The maximum absolute atomic E-state index is 13.3. The monoisotopic (exact) mass is 466 g/mol. The van der Waals surface area contributed by atoms with Crippen LogP contribution in [0.3, 0.4) is 0 Å². The highest BCUT2D eigenvalue weighted by atomic mass is 19.4. The van der Waals surface area contributed by atoms with Crippen molar-refractivity contribution in [1.29, 1.82) is 0 Å². The molecule has 3 aromatic carbocycles. The van der Waals surface area contributed by atoms with Gasteiger partial charge in [0.1, 0.15) is 5.75 Å². The zero-order valence-corrected chi connectivity index (χ0v) is 18.2. The largest absolute Gasteiger partial charge is 0.423 e. The van der Waals surface area contributed by atoms with Gasteiger partial charge >= 0.3 is 18.3 Å². The third-order valence-corrected chi connectivity index (χ3v) is 5.34. The number of aryl methyl sites for hydroxylation is 3. The summed E-state index contributed by atoms with van der Waals surface area (Å²) in [6, 6.07) is 11.5. The summed E-state index contributed by atoms with van der Waals surface area (Å²) in [6.45, 7) is 6.24. The summed E-state index contributed by atoms with van der Waals surface area (Å²) in [6.07, 6.45) is -10.1. The van der Waals surface area contributed by atoms with Gasteiger partial charge in [-0.2, -0.15) is 26.3 Å². The van der Waals surface area contributed by atoms with E-state index in [0.29, 0.717) is 17.7 Å². The molecule has 0 aliphatic rings. The molecule has 0 atom stereocenters. The smallest absolute Gasteiger partial charge is 0.416 e. The summed E-state index contributed by atoms with van der Waals surface area (Å²) in [5.41, 5.74) is 0.351. The number of esters is 1. The van der Waals surface area contributed by atoms with Crippen LogP contribution >= 0.6 is 0 Å². The third-order valence-electron chi connectivity index (χ3n) is 5.34. The zero-order chi connectivity index (χ0) is 24.7. The number of rotatable bonds is 3. The van der Waals surface area contributed by atoms with Gasteiger partial charge in [-0.05, 0) is 73.7 Å². The lowest BCUT2D eigenvalue weighted by Crippen LogP contribution is -2.17. The fourth-order valence-corrected chi connectivity index (χ4v) is 3.70. The van der Waals surface area contributed by atoms with E-state index in [0.717, 1.165) is 29.2 Å². The van der Waals surface area contributed by atoms with Gasteiger partial charge in [0.15, 0.2) is 0 Å². The normalized spacial score (nSPS) is 12.1. The van der Waals surface area contributed by atoms with Crippen LogP contribution in [0.4, 0.5) is 26.3 Å². The second-order valence-corrected chi connectivity index (χ2v) is 7.88. The second kappa shape index (κ2) is 8.57. The number of ether oxygens (including phenoxy) is 1. The van der Waals surface area contributed by atoms with E-state index in [-0.39, 0.29) is 5.56 Å². The van der Waals surface area contributed by atoms with E-state index in [9.17, 15) is 31.1 Å². The molecule has 0 aliphatic heterocycles. The van der Waals surface area contributed by atoms with Gasteiger partial charge in [-0.3, -0.25) is 0 Å². The highest BCUT2D eigenvalue weighted by Gasteiger charge is 2.40. The minimum absolute atomic E-state index is 0.0335. The highest BCUT2D eigenvalue weighted by molar-refractivity contribution is 5.93. The molecule has 0 saturated heterocycles. The lowest BCUT2D eigenvalue weighted by atomic mass is 9.95. The van der Waals surface area contributed by atoms with Crippen LogP contribution in [-0.4, -0.2) is 5.97 Å². The molecule has 3 aromatic rings.